The van der Waals surface area contributed by atoms with Gasteiger partial charge in [0.2, 0.25) is 0 Å². The topological polar surface area (TPSA) is 20.3 Å². The van der Waals surface area contributed by atoms with Gasteiger partial charge in [-0.25, -0.2) is 4.39 Å². The molecular weight excluding hydrogens is 273 g/mol. The second kappa shape index (κ2) is 6.57. The van der Waals surface area contributed by atoms with E-state index in [4.69, 9.17) is 0 Å². The fourth-order valence-electron chi connectivity index (χ4n) is 1.96. The first-order chi connectivity index (χ1) is 9.63. The SMILES string of the molecule is CSN(Cc1ccc(C=O)cc1F)c1cccc(C)c1. The van der Waals surface area contributed by atoms with Gasteiger partial charge < -0.3 is 4.31 Å². The van der Waals surface area contributed by atoms with Crippen LogP contribution in [-0.4, -0.2) is 12.5 Å². The third-order valence-corrected chi connectivity index (χ3v) is 3.82. The highest BCUT2D eigenvalue weighted by Gasteiger charge is 2.10. The average Bonchev–Trinajstić information content (AvgIpc) is 2.46. The number of hydrogen-bond donors (Lipinski definition) is 0. The van der Waals surface area contributed by atoms with Crippen LogP contribution in [0.2, 0.25) is 0 Å². The normalized spacial score (nSPS) is 10.3. The maximum Gasteiger partial charge on any atom is 0.150 e. The highest BCUT2D eigenvalue weighted by atomic mass is 32.2. The standard InChI is InChI=1S/C16H16FNOS/c1-12-4-3-5-15(8-12)18(20-2)10-14-7-6-13(11-19)9-16(14)17/h3-9,11H,10H2,1-2H3. The zero-order valence-corrected chi connectivity index (χ0v) is 12.3. The quantitative estimate of drug-likeness (QED) is 0.607. The predicted octanol–water partition coefficient (Wildman–Crippen LogP) is 4.23. The van der Waals surface area contributed by atoms with Gasteiger partial charge >= 0.3 is 0 Å². The molecule has 0 radical (unpaired) electrons. The number of aryl methyl sites for hydroxylation is 1. The van der Waals surface area contributed by atoms with Gasteiger partial charge in [0.05, 0.1) is 6.54 Å². The van der Waals surface area contributed by atoms with Gasteiger partial charge in [0.1, 0.15) is 12.1 Å². The molecule has 0 saturated carbocycles. The maximum absolute atomic E-state index is 13.9. The molecule has 0 aliphatic heterocycles. The van der Waals surface area contributed by atoms with Crippen molar-refractivity contribution in [1.29, 1.82) is 0 Å². The third kappa shape index (κ3) is 3.39. The summed E-state index contributed by atoms with van der Waals surface area (Å²) in [6, 6.07) is 12.7. The van der Waals surface area contributed by atoms with Crippen LogP contribution >= 0.6 is 11.9 Å². The van der Waals surface area contributed by atoms with Crippen molar-refractivity contribution in [1.82, 2.24) is 0 Å². The van der Waals surface area contributed by atoms with Crippen LogP contribution in [0.3, 0.4) is 0 Å². The molecule has 0 unspecified atom stereocenters. The molecular formula is C16H16FNOS. The van der Waals surface area contributed by atoms with E-state index in [1.54, 1.807) is 24.1 Å². The Morgan fingerprint density at radius 1 is 1.25 bits per heavy atom. The Hall–Kier alpha value is -1.81. The van der Waals surface area contributed by atoms with Crippen LogP contribution < -0.4 is 4.31 Å². The van der Waals surface area contributed by atoms with Gasteiger partial charge in [-0.3, -0.25) is 4.79 Å². The Bertz CT molecular complexity index is 615. The van der Waals surface area contributed by atoms with E-state index in [-0.39, 0.29) is 5.82 Å². The molecule has 0 aliphatic rings. The maximum atomic E-state index is 13.9. The van der Waals surface area contributed by atoms with Crippen molar-refractivity contribution in [3.05, 3.63) is 65.0 Å². The molecule has 20 heavy (non-hydrogen) atoms. The number of benzene rings is 2. The van der Waals surface area contributed by atoms with E-state index in [0.717, 1.165) is 5.69 Å². The number of hydrogen-bond acceptors (Lipinski definition) is 3. The lowest BCUT2D eigenvalue weighted by Gasteiger charge is -2.22. The second-order valence-corrected chi connectivity index (χ2v) is 5.33. The third-order valence-electron chi connectivity index (χ3n) is 3.04. The Morgan fingerprint density at radius 3 is 2.65 bits per heavy atom. The second-order valence-electron chi connectivity index (χ2n) is 4.53. The molecule has 0 saturated heterocycles. The molecule has 0 fully saturated rings. The summed E-state index contributed by atoms with van der Waals surface area (Å²) in [6.45, 7) is 2.48. The van der Waals surface area contributed by atoms with Crippen LogP contribution in [0, 0.1) is 12.7 Å². The predicted molar refractivity (Wildman–Crippen MR) is 82.7 cm³/mol. The molecule has 0 bridgehead atoms. The molecule has 0 aliphatic carbocycles. The minimum Gasteiger partial charge on any atom is -0.312 e. The lowest BCUT2D eigenvalue weighted by molar-refractivity contribution is 0.112. The smallest absolute Gasteiger partial charge is 0.150 e. The van der Waals surface area contributed by atoms with Gasteiger partial charge in [0.15, 0.2) is 0 Å². The molecule has 2 aromatic rings. The summed E-state index contributed by atoms with van der Waals surface area (Å²) in [5, 5.41) is 0. The summed E-state index contributed by atoms with van der Waals surface area (Å²) in [4.78, 5) is 10.6. The van der Waals surface area contributed by atoms with E-state index in [0.29, 0.717) is 24.0 Å². The van der Waals surface area contributed by atoms with Gasteiger partial charge in [-0.2, -0.15) is 0 Å². The number of nitrogens with zero attached hydrogens (tertiary/aromatic N) is 1. The molecule has 2 rings (SSSR count). The highest BCUT2D eigenvalue weighted by Crippen LogP contribution is 2.25. The number of carbonyl (C=O) groups excluding carboxylic acids is 1. The van der Waals surface area contributed by atoms with Gasteiger partial charge in [-0.15, -0.1) is 0 Å². The Morgan fingerprint density at radius 2 is 2.05 bits per heavy atom. The van der Waals surface area contributed by atoms with Crippen molar-refractivity contribution >= 4 is 23.9 Å². The molecule has 4 heteroatoms. The first kappa shape index (κ1) is 14.6. The Labute approximate surface area is 122 Å². The molecule has 0 spiro atoms. The Balaban J connectivity index is 2.24. The number of carbonyl (C=O) groups is 1. The number of anilines is 1. The summed E-state index contributed by atoms with van der Waals surface area (Å²) in [7, 11) is 0. The molecule has 0 aromatic heterocycles. The number of rotatable bonds is 5. The van der Waals surface area contributed by atoms with E-state index in [2.05, 4.69) is 6.07 Å². The van der Waals surface area contributed by atoms with Crippen LogP contribution in [0.4, 0.5) is 10.1 Å². The fraction of sp³-hybridized carbons (Fsp3) is 0.188. The van der Waals surface area contributed by atoms with Crippen LogP contribution in [0.5, 0.6) is 0 Å². The summed E-state index contributed by atoms with van der Waals surface area (Å²) in [6.07, 6.45) is 2.61. The largest absolute Gasteiger partial charge is 0.312 e. The fourth-order valence-corrected chi connectivity index (χ4v) is 2.56. The van der Waals surface area contributed by atoms with Crippen molar-refractivity contribution in [3.63, 3.8) is 0 Å². The van der Waals surface area contributed by atoms with Crippen molar-refractivity contribution in [2.24, 2.45) is 0 Å². The van der Waals surface area contributed by atoms with Crippen LogP contribution in [0.1, 0.15) is 21.5 Å². The highest BCUT2D eigenvalue weighted by molar-refractivity contribution is 7.99. The van der Waals surface area contributed by atoms with Crippen molar-refractivity contribution in [2.75, 3.05) is 10.6 Å². The lowest BCUT2D eigenvalue weighted by atomic mass is 10.1. The summed E-state index contributed by atoms with van der Waals surface area (Å²) in [5.41, 5.74) is 3.14. The monoisotopic (exact) mass is 289 g/mol. The summed E-state index contributed by atoms with van der Waals surface area (Å²) < 4.78 is 16.0. The van der Waals surface area contributed by atoms with Crippen molar-refractivity contribution in [3.8, 4) is 0 Å². The molecule has 0 heterocycles. The van der Waals surface area contributed by atoms with E-state index in [9.17, 15) is 9.18 Å². The van der Waals surface area contributed by atoms with Crippen LogP contribution in [-0.2, 0) is 6.54 Å². The minimum atomic E-state index is -0.346. The average molecular weight is 289 g/mol. The lowest BCUT2D eigenvalue weighted by Crippen LogP contribution is -2.14. The van der Waals surface area contributed by atoms with Crippen LogP contribution in [0.25, 0.3) is 0 Å². The number of halogens is 1. The summed E-state index contributed by atoms with van der Waals surface area (Å²) >= 11 is 1.54. The van der Waals surface area contributed by atoms with E-state index < -0.39 is 0 Å². The van der Waals surface area contributed by atoms with Gasteiger partial charge in [0.25, 0.3) is 0 Å². The molecule has 104 valence electrons. The zero-order valence-electron chi connectivity index (χ0n) is 11.5. The first-order valence-corrected chi connectivity index (χ1v) is 7.44. The van der Waals surface area contributed by atoms with Crippen molar-refractivity contribution in [2.45, 2.75) is 13.5 Å². The molecule has 0 atom stereocenters. The van der Waals surface area contributed by atoms with Gasteiger partial charge in [-0.05, 0) is 30.7 Å². The van der Waals surface area contributed by atoms with E-state index in [1.165, 1.54) is 11.6 Å². The Kier molecular flexibility index (Phi) is 4.79. The van der Waals surface area contributed by atoms with Crippen molar-refractivity contribution < 1.29 is 9.18 Å². The van der Waals surface area contributed by atoms with E-state index in [1.807, 2.05) is 35.7 Å². The molecule has 0 N–H and O–H groups in total. The van der Waals surface area contributed by atoms with Gasteiger partial charge in [-0.1, -0.05) is 36.2 Å². The molecule has 2 nitrogen and oxygen atoms in total. The van der Waals surface area contributed by atoms with Gasteiger partial charge in [0, 0.05) is 23.1 Å². The molecule has 0 amide bonds. The van der Waals surface area contributed by atoms with E-state index >= 15 is 0 Å². The minimum absolute atomic E-state index is 0.346. The zero-order chi connectivity index (χ0) is 14.5. The molecule has 2 aromatic carbocycles. The summed E-state index contributed by atoms with van der Waals surface area (Å²) in [5.74, 6) is -0.346. The number of aldehydes is 1. The van der Waals surface area contributed by atoms with Crippen LogP contribution in [0.15, 0.2) is 42.5 Å². The first-order valence-electron chi connectivity index (χ1n) is 6.26.